The summed E-state index contributed by atoms with van der Waals surface area (Å²) in [6.45, 7) is 0. The highest BCUT2D eigenvalue weighted by atomic mass is 35.5. The van der Waals surface area contributed by atoms with Gasteiger partial charge in [0.1, 0.15) is 4.90 Å². The summed E-state index contributed by atoms with van der Waals surface area (Å²) in [4.78, 5) is 4.08. The van der Waals surface area contributed by atoms with Crippen molar-refractivity contribution in [1.82, 2.24) is 15.2 Å². The van der Waals surface area contributed by atoms with Crippen molar-refractivity contribution in [1.29, 1.82) is 0 Å². The Morgan fingerprint density at radius 2 is 1.79 bits per heavy atom. The van der Waals surface area contributed by atoms with Crippen LogP contribution in [0.4, 0.5) is 11.5 Å². The van der Waals surface area contributed by atoms with Gasteiger partial charge in [0, 0.05) is 17.4 Å². The quantitative estimate of drug-likeness (QED) is 0.443. The molecule has 0 saturated carbocycles. The van der Waals surface area contributed by atoms with E-state index in [9.17, 15) is 8.42 Å². The van der Waals surface area contributed by atoms with Crippen molar-refractivity contribution in [2.75, 3.05) is 10.5 Å². The molecular weight excluding hydrogens is 421 g/mol. The minimum atomic E-state index is -3.89. The van der Waals surface area contributed by atoms with E-state index in [2.05, 4.69) is 19.9 Å². The largest absolute Gasteiger partial charge is 0.382 e. The summed E-state index contributed by atoms with van der Waals surface area (Å²) in [5, 5.41) is 7.71. The number of nitrogens with two attached hydrogens (primary N) is 1. The number of aromatic amines is 1. The van der Waals surface area contributed by atoms with Gasteiger partial charge in [-0.2, -0.15) is 5.10 Å². The minimum absolute atomic E-state index is 0.0264. The molecule has 0 fully saturated rings. The zero-order valence-corrected chi connectivity index (χ0v) is 16.5. The van der Waals surface area contributed by atoms with Crippen LogP contribution in [0.3, 0.4) is 0 Å². The lowest BCUT2D eigenvalue weighted by Gasteiger charge is -2.11. The SMILES string of the molecule is Nc1n[nH]c2cncc(-c3ccc(NS(=O)(=O)c4cccc(Cl)c4Cl)cc3)c12. The zero-order chi connectivity index (χ0) is 19.9. The van der Waals surface area contributed by atoms with E-state index in [1.54, 1.807) is 36.7 Å². The zero-order valence-electron chi connectivity index (χ0n) is 14.1. The van der Waals surface area contributed by atoms with E-state index in [1.165, 1.54) is 18.2 Å². The summed E-state index contributed by atoms with van der Waals surface area (Å²) in [5.41, 5.74) is 8.63. The molecule has 0 saturated heterocycles. The van der Waals surface area contributed by atoms with Crippen molar-refractivity contribution in [2.45, 2.75) is 4.90 Å². The van der Waals surface area contributed by atoms with Gasteiger partial charge < -0.3 is 5.73 Å². The third-order valence-corrected chi connectivity index (χ3v) is 6.51. The monoisotopic (exact) mass is 433 g/mol. The Kier molecular flexibility index (Phi) is 4.62. The Bertz CT molecular complexity index is 1290. The van der Waals surface area contributed by atoms with Gasteiger partial charge >= 0.3 is 0 Å². The third-order valence-electron chi connectivity index (χ3n) is 4.15. The normalized spacial score (nSPS) is 11.6. The van der Waals surface area contributed by atoms with Crippen molar-refractivity contribution in [3.05, 3.63) is 64.9 Å². The summed E-state index contributed by atoms with van der Waals surface area (Å²) in [6, 6.07) is 11.2. The fourth-order valence-corrected chi connectivity index (χ4v) is 4.66. The van der Waals surface area contributed by atoms with Crippen molar-refractivity contribution in [2.24, 2.45) is 0 Å². The van der Waals surface area contributed by atoms with Gasteiger partial charge in [0.2, 0.25) is 0 Å². The van der Waals surface area contributed by atoms with Crippen molar-refractivity contribution < 1.29 is 8.42 Å². The number of halogens is 2. The van der Waals surface area contributed by atoms with Gasteiger partial charge in [-0.05, 0) is 29.8 Å². The smallest absolute Gasteiger partial charge is 0.263 e. The van der Waals surface area contributed by atoms with Gasteiger partial charge in [-0.25, -0.2) is 8.42 Å². The number of rotatable bonds is 4. The molecule has 4 aromatic rings. The Morgan fingerprint density at radius 3 is 2.54 bits per heavy atom. The van der Waals surface area contributed by atoms with E-state index >= 15 is 0 Å². The van der Waals surface area contributed by atoms with Gasteiger partial charge in [-0.1, -0.05) is 41.4 Å². The number of nitrogen functional groups attached to an aromatic ring is 1. The first kappa shape index (κ1) is 18.5. The number of aromatic nitrogens is 3. The number of H-pyrrole nitrogens is 1. The van der Waals surface area contributed by atoms with Crippen LogP contribution in [0.5, 0.6) is 0 Å². The topological polar surface area (TPSA) is 114 Å². The highest BCUT2D eigenvalue weighted by Crippen LogP contribution is 2.32. The Balaban J connectivity index is 1.67. The number of sulfonamides is 1. The van der Waals surface area contributed by atoms with Crippen LogP contribution in [-0.2, 0) is 10.0 Å². The summed E-state index contributed by atoms with van der Waals surface area (Å²) < 4.78 is 27.7. The van der Waals surface area contributed by atoms with E-state index in [4.69, 9.17) is 28.9 Å². The molecule has 0 amide bonds. The molecule has 28 heavy (non-hydrogen) atoms. The van der Waals surface area contributed by atoms with Crippen LogP contribution in [0.1, 0.15) is 0 Å². The highest BCUT2D eigenvalue weighted by molar-refractivity contribution is 7.92. The Morgan fingerprint density at radius 1 is 1.04 bits per heavy atom. The molecule has 0 aliphatic carbocycles. The number of nitrogens with one attached hydrogen (secondary N) is 2. The first-order valence-corrected chi connectivity index (χ1v) is 10.3. The van der Waals surface area contributed by atoms with Crippen LogP contribution in [0.15, 0.2) is 59.8 Å². The second-order valence-corrected chi connectivity index (χ2v) is 8.39. The predicted octanol–water partition coefficient (Wildman–Crippen LogP) is 4.31. The second kappa shape index (κ2) is 6.97. The standard InChI is InChI=1S/C18H13Cl2N5O2S/c19-13-2-1-3-15(17(13)20)28(26,27)25-11-6-4-10(5-7-11)12-8-22-9-14-16(12)18(21)24-23-14/h1-9,25H,(H3,21,23,24). The van der Waals surface area contributed by atoms with E-state index in [1.807, 2.05) is 0 Å². The van der Waals surface area contributed by atoms with E-state index in [0.29, 0.717) is 11.5 Å². The summed E-state index contributed by atoms with van der Waals surface area (Å²) >= 11 is 11.9. The lowest BCUT2D eigenvalue weighted by atomic mass is 10.0. The molecule has 0 aliphatic rings. The van der Waals surface area contributed by atoms with Crippen LogP contribution in [0.25, 0.3) is 22.0 Å². The maximum Gasteiger partial charge on any atom is 0.263 e. The van der Waals surface area contributed by atoms with E-state index in [-0.39, 0.29) is 14.9 Å². The fourth-order valence-electron chi connectivity index (χ4n) is 2.84. The van der Waals surface area contributed by atoms with Crippen molar-refractivity contribution in [3.8, 4) is 11.1 Å². The van der Waals surface area contributed by atoms with Gasteiger partial charge in [-0.15, -0.1) is 0 Å². The molecule has 0 aliphatic heterocycles. The Labute approximate surface area is 170 Å². The molecule has 0 bridgehead atoms. The van der Waals surface area contributed by atoms with Crippen LogP contribution in [0, 0.1) is 0 Å². The summed E-state index contributed by atoms with van der Waals surface area (Å²) in [5.74, 6) is 0.368. The number of pyridine rings is 1. The molecule has 0 unspecified atom stereocenters. The lowest BCUT2D eigenvalue weighted by Crippen LogP contribution is -2.13. The molecule has 7 nitrogen and oxygen atoms in total. The molecule has 4 N–H and O–H groups in total. The number of fused-ring (bicyclic) bond motifs is 1. The number of benzene rings is 2. The van der Waals surface area contributed by atoms with Crippen molar-refractivity contribution in [3.63, 3.8) is 0 Å². The van der Waals surface area contributed by atoms with Crippen molar-refractivity contribution >= 4 is 55.6 Å². The van der Waals surface area contributed by atoms with E-state index < -0.39 is 10.0 Å². The van der Waals surface area contributed by atoms with Crippen LogP contribution >= 0.6 is 23.2 Å². The number of hydrogen-bond acceptors (Lipinski definition) is 5. The maximum absolute atomic E-state index is 12.6. The van der Waals surface area contributed by atoms with Gasteiger partial charge in [0.15, 0.2) is 5.82 Å². The predicted molar refractivity (Wildman–Crippen MR) is 111 cm³/mol. The van der Waals surface area contributed by atoms with Crippen LogP contribution in [-0.4, -0.2) is 23.6 Å². The summed E-state index contributed by atoms with van der Waals surface area (Å²) in [6.07, 6.45) is 3.32. The average molecular weight is 434 g/mol. The number of nitrogens with zero attached hydrogens (tertiary/aromatic N) is 2. The molecule has 10 heteroatoms. The second-order valence-electron chi connectivity index (χ2n) is 5.95. The van der Waals surface area contributed by atoms with Crippen LogP contribution in [0.2, 0.25) is 10.0 Å². The fraction of sp³-hybridized carbons (Fsp3) is 0. The molecule has 0 spiro atoms. The minimum Gasteiger partial charge on any atom is -0.382 e. The first-order chi connectivity index (χ1) is 13.4. The summed E-state index contributed by atoms with van der Waals surface area (Å²) in [7, 11) is -3.89. The molecule has 0 radical (unpaired) electrons. The molecule has 0 atom stereocenters. The molecular formula is C18H13Cl2N5O2S. The van der Waals surface area contributed by atoms with Gasteiger partial charge in [-0.3, -0.25) is 14.8 Å². The van der Waals surface area contributed by atoms with Crippen LogP contribution < -0.4 is 10.5 Å². The maximum atomic E-state index is 12.6. The molecule has 2 aromatic carbocycles. The molecule has 2 aromatic heterocycles. The number of anilines is 2. The van der Waals surface area contributed by atoms with Gasteiger partial charge in [0.25, 0.3) is 10.0 Å². The third kappa shape index (κ3) is 3.26. The average Bonchev–Trinajstić information content (AvgIpc) is 3.05. The molecule has 2 heterocycles. The Hall–Kier alpha value is -2.81. The molecule has 142 valence electrons. The van der Waals surface area contributed by atoms with Gasteiger partial charge in [0.05, 0.1) is 27.1 Å². The highest BCUT2D eigenvalue weighted by Gasteiger charge is 2.19. The lowest BCUT2D eigenvalue weighted by molar-refractivity contribution is 0.601. The first-order valence-electron chi connectivity index (χ1n) is 8.01. The number of hydrogen-bond donors (Lipinski definition) is 3. The van der Waals surface area contributed by atoms with E-state index in [0.717, 1.165) is 22.0 Å². The molecule has 4 rings (SSSR count).